The highest BCUT2D eigenvalue weighted by atomic mass is 32.2. The Bertz CT molecular complexity index is 3570. The van der Waals surface area contributed by atoms with Crippen LogP contribution in [0.2, 0.25) is 36.3 Å². The van der Waals surface area contributed by atoms with E-state index in [1.54, 1.807) is 107 Å². The van der Waals surface area contributed by atoms with Crippen molar-refractivity contribution in [1.29, 1.82) is 0 Å². The lowest BCUT2D eigenvalue weighted by atomic mass is 10.2. The van der Waals surface area contributed by atoms with Gasteiger partial charge in [0.05, 0.1) is 63.7 Å². The molecule has 0 saturated carbocycles. The highest BCUT2D eigenvalue weighted by Gasteiger charge is 2.46. The number of hydrogen-bond donors (Lipinski definition) is 0. The minimum Gasteiger partial charge on any atom is -0.494 e. The van der Waals surface area contributed by atoms with Crippen LogP contribution in [0.25, 0.3) is 34.4 Å². The third-order valence-electron chi connectivity index (χ3n) is 15.5. The van der Waals surface area contributed by atoms with Crippen molar-refractivity contribution in [3.05, 3.63) is 121 Å². The van der Waals surface area contributed by atoms with Crippen molar-refractivity contribution in [2.45, 2.75) is 126 Å². The number of nitrogens with zero attached hydrogens (tertiary/aromatic N) is 14. The summed E-state index contributed by atoms with van der Waals surface area (Å²) in [5.41, 5.74) is 1.79. The van der Waals surface area contributed by atoms with Gasteiger partial charge in [-0.25, -0.2) is 45.6 Å². The normalized spacial score (nSPS) is 14.0. The fourth-order valence-electron chi connectivity index (χ4n) is 8.44. The summed E-state index contributed by atoms with van der Waals surface area (Å²) in [7, 11) is -3.58. The second-order valence-electron chi connectivity index (χ2n) is 23.5. The number of aryl methyl sites for hydroxylation is 2. The smallest absolute Gasteiger partial charge is 0.193 e. The van der Waals surface area contributed by atoms with Crippen molar-refractivity contribution in [2.75, 3.05) is 28.4 Å². The first kappa shape index (κ1) is 66.1. The molecule has 0 N–H and O–H groups in total. The van der Waals surface area contributed by atoms with Crippen LogP contribution in [0.1, 0.15) is 90.9 Å². The van der Waals surface area contributed by atoms with E-state index < -0.39 is 82.2 Å². The van der Waals surface area contributed by atoms with Gasteiger partial charge in [0.25, 0.3) is 0 Å². The lowest BCUT2D eigenvalue weighted by Gasteiger charge is -2.40. The average Bonchev–Trinajstić information content (AvgIpc) is 1.73. The topological polar surface area (TPSA) is 272 Å². The Kier molecular flexibility index (Phi) is 19.9. The van der Waals surface area contributed by atoms with Crippen LogP contribution < -0.4 is 18.9 Å². The molecular weight excluding hydrogens is 1190 g/mol. The lowest BCUT2D eigenvalue weighted by molar-refractivity contribution is 0.171. The number of para-hydroxylation sites is 2. The zero-order valence-corrected chi connectivity index (χ0v) is 55.4. The van der Waals surface area contributed by atoms with Gasteiger partial charge in [0.15, 0.2) is 82.9 Å². The first-order valence-corrected chi connectivity index (χ1v) is 36.5. The van der Waals surface area contributed by atoms with Crippen LogP contribution in [-0.4, -0.2) is 141 Å². The van der Waals surface area contributed by atoms with Gasteiger partial charge in [-0.1, -0.05) is 53.7 Å². The van der Waals surface area contributed by atoms with E-state index >= 15 is 0 Å². The maximum absolute atomic E-state index is 14.2. The Labute approximate surface area is 502 Å². The molecule has 0 aliphatic rings. The zero-order chi connectivity index (χ0) is 63.5. The molecule has 464 valence electrons. The summed E-state index contributed by atoms with van der Waals surface area (Å²) in [6.45, 7) is 23.4. The van der Waals surface area contributed by atoms with Crippen molar-refractivity contribution < 1.29 is 53.4 Å². The first-order valence-electron chi connectivity index (χ1n) is 27.2. The monoisotopic (exact) mass is 1260 g/mol. The molecule has 0 fully saturated rings. The van der Waals surface area contributed by atoms with Crippen LogP contribution >= 0.6 is 0 Å². The first-order chi connectivity index (χ1) is 40.2. The fraction of sp³-hybridized carbons (Fsp3) is 0.464. The molecule has 0 saturated heterocycles. The molecule has 86 heavy (non-hydrogen) atoms. The molecule has 0 amide bonds. The van der Waals surface area contributed by atoms with Gasteiger partial charge < -0.3 is 27.8 Å². The highest BCUT2D eigenvalue weighted by molar-refractivity contribution is 7.91. The van der Waals surface area contributed by atoms with Gasteiger partial charge in [0.2, 0.25) is 0 Å². The molecule has 4 atom stereocenters. The van der Waals surface area contributed by atoms with Gasteiger partial charge in [-0.3, -0.25) is 18.5 Å². The van der Waals surface area contributed by atoms with E-state index in [4.69, 9.17) is 27.8 Å². The number of ether oxygens (including phenoxy) is 4. The van der Waals surface area contributed by atoms with E-state index in [1.165, 1.54) is 28.4 Å². The number of aromatic nitrogens is 14. The standard InChI is InChI=1S/2C28H38FN7O5SSi/c2*1-18(25(26-30-15-19(29)16-31-26)41-43(8,9)28(2,3)4)42(37,38)17-23-32-33-27(20-13-14-35(5)34-20)36(23)24-21(39-6)11-10-12-22(24)40-7/h2*10-16,18,25H,17H2,1-9H3/t2*18-,25-/m10/s1. The van der Waals surface area contributed by atoms with Crippen LogP contribution in [0.3, 0.4) is 0 Å². The molecule has 0 aliphatic heterocycles. The number of methoxy groups -OCH3 is 4. The maximum atomic E-state index is 14.2. The molecule has 0 radical (unpaired) electrons. The second kappa shape index (κ2) is 25.9. The van der Waals surface area contributed by atoms with Crippen molar-refractivity contribution in [2.24, 2.45) is 14.1 Å². The van der Waals surface area contributed by atoms with E-state index in [-0.39, 0.29) is 33.4 Å². The number of benzene rings is 2. The fourth-order valence-corrected chi connectivity index (χ4v) is 14.0. The molecule has 2 aromatic carbocycles. The minimum absolute atomic E-state index is 0.0874. The van der Waals surface area contributed by atoms with E-state index in [0.717, 1.165) is 24.8 Å². The molecule has 6 heterocycles. The van der Waals surface area contributed by atoms with Crippen LogP contribution in [-0.2, 0) is 54.1 Å². The van der Waals surface area contributed by atoms with Gasteiger partial charge in [0, 0.05) is 26.5 Å². The molecule has 6 aromatic heterocycles. The molecule has 30 heteroatoms. The minimum atomic E-state index is -4.03. The summed E-state index contributed by atoms with van der Waals surface area (Å²) >= 11 is 0. The van der Waals surface area contributed by atoms with Crippen LogP contribution in [0.15, 0.2) is 85.7 Å². The number of halogens is 2. The molecule has 24 nitrogen and oxygen atoms in total. The number of rotatable bonds is 22. The molecule has 8 rings (SSSR count). The molecule has 0 bridgehead atoms. The van der Waals surface area contributed by atoms with E-state index in [2.05, 4.69) is 50.5 Å². The van der Waals surface area contributed by atoms with Gasteiger partial charge in [-0.2, -0.15) is 10.2 Å². The van der Waals surface area contributed by atoms with Gasteiger partial charge in [-0.05, 0) is 86.5 Å². The predicted molar refractivity (Wildman–Crippen MR) is 324 cm³/mol. The average molecular weight is 1260 g/mol. The summed E-state index contributed by atoms with van der Waals surface area (Å²) in [6.07, 6.45) is 5.41. The Hall–Kier alpha value is -7.39. The van der Waals surface area contributed by atoms with Crippen LogP contribution in [0.5, 0.6) is 23.0 Å². The van der Waals surface area contributed by atoms with Crippen molar-refractivity contribution in [3.8, 4) is 57.4 Å². The number of hydrogen-bond acceptors (Lipinski definition) is 20. The van der Waals surface area contributed by atoms with E-state index in [9.17, 15) is 25.6 Å². The van der Waals surface area contributed by atoms with E-state index in [1.807, 2.05) is 67.7 Å². The molecule has 8 aromatic rings. The summed E-state index contributed by atoms with van der Waals surface area (Å²) in [5, 5.41) is 23.5. The summed E-state index contributed by atoms with van der Waals surface area (Å²) < 4.78 is 126. The summed E-state index contributed by atoms with van der Waals surface area (Å²) in [4.78, 5) is 16.5. The third-order valence-corrected chi connectivity index (χ3v) is 28.5. The van der Waals surface area contributed by atoms with Crippen molar-refractivity contribution in [3.63, 3.8) is 0 Å². The van der Waals surface area contributed by atoms with Crippen molar-refractivity contribution in [1.82, 2.24) is 69.0 Å². The SMILES string of the molecule is COc1cccc(OC)c1-n1c(CS(=O)(=O)[C@@H](C)[C@H](O[Si](C)(C)C(C)(C)C)c2ncc(F)cn2)nnc1-c1ccn(C)n1.COc1cccc(OC)c1-n1c(CS(=O)(=O)[C@H](C)[C@@H](O[Si](C)(C)C(C)(C)C)c2ncc(F)cn2)nnc1-c1ccn(C)n1. The van der Waals surface area contributed by atoms with E-state index in [0.29, 0.717) is 57.4 Å². The maximum Gasteiger partial charge on any atom is 0.193 e. The Morgan fingerprint density at radius 1 is 0.512 bits per heavy atom. The molecule has 0 aliphatic carbocycles. The molecule has 0 unspecified atom stereocenters. The summed E-state index contributed by atoms with van der Waals surface area (Å²) in [6, 6.07) is 13.9. The summed E-state index contributed by atoms with van der Waals surface area (Å²) in [5.74, 6) is 0.373. The predicted octanol–water partition coefficient (Wildman–Crippen LogP) is 9.36. The lowest BCUT2D eigenvalue weighted by Crippen LogP contribution is -2.45. The Balaban J connectivity index is 0.000000246. The van der Waals surface area contributed by atoms with Gasteiger partial charge in [-0.15, -0.1) is 20.4 Å². The van der Waals surface area contributed by atoms with Gasteiger partial charge >= 0.3 is 0 Å². The van der Waals surface area contributed by atoms with Crippen LogP contribution in [0.4, 0.5) is 8.78 Å². The Morgan fingerprint density at radius 2 is 0.814 bits per heavy atom. The molecule has 0 spiro atoms. The van der Waals surface area contributed by atoms with Gasteiger partial charge in [0.1, 0.15) is 69.5 Å². The second-order valence-corrected chi connectivity index (χ2v) is 37.7. The molecular formula is C56H76F2N14O10S2Si2. The third kappa shape index (κ3) is 14.4. The highest BCUT2D eigenvalue weighted by Crippen LogP contribution is 2.44. The van der Waals surface area contributed by atoms with Crippen molar-refractivity contribution >= 4 is 36.3 Å². The number of sulfone groups is 2. The largest absolute Gasteiger partial charge is 0.494 e. The quantitative estimate of drug-likeness (QED) is 0.0571. The Morgan fingerprint density at radius 3 is 1.07 bits per heavy atom. The van der Waals surface area contributed by atoms with Crippen LogP contribution in [0, 0.1) is 11.6 Å². The zero-order valence-electron chi connectivity index (χ0n) is 51.7.